The summed E-state index contributed by atoms with van der Waals surface area (Å²) in [4.78, 5) is 13.0. The second-order valence-corrected chi connectivity index (χ2v) is 6.89. The smallest absolute Gasteiger partial charge is 0.303 e. The third-order valence-corrected chi connectivity index (χ3v) is 3.57. The Morgan fingerprint density at radius 3 is 2.63 bits per heavy atom. The predicted molar refractivity (Wildman–Crippen MR) is 81.2 cm³/mol. The van der Waals surface area contributed by atoms with E-state index in [0.717, 1.165) is 17.6 Å². The lowest BCUT2D eigenvalue weighted by molar-refractivity contribution is -0.139. The van der Waals surface area contributed by atoms with Crippen molar-refractivity contribution in [1.29, 1.82) is 0 Å². The van der Waals surface area contributed by atoms with Crippen molar-refractivity contribution in [2.75, 3.05) is 13.6 Å². The minimum Gasteiger partial charge on any atom is -0.481 e. The lowest BCUT2D eigenvalue weighted by atomic mass is 9.88. The normalized spacial score (nSPS) is 11.9. The first-order valence-corrected chi connectivity index (χ1v) is 7.14. The van der Waals surface area contributed by atoms with Crippen LogP contribution in [0.25, 0.3) is 0 Å². The molecule has 19 heavy (non-hydrogen) atoms. The number of carboxylic acid groups (broad SMARTS) is 1. The van der Waals surface area contributed by atoms with Crippen molar-refractivity contribution in [2.45, 2.75) is 33.7 Å². The van der Waals surface area contributed by atoms with Crippen molar-refractivity contribution >= 4 is 21.9 Å². The van der Waals surface area contributed by atoms with Gasteiger partial charge in [0.1, 0.15) is 0 Å². The molecule has 0 fully saturated rings. The molecule has 4 heteroatoms. The molecular formula is C15H22BrNO2. The van der Waals surface area contributed by atoms with Crippen LogP contribution in [0.5, 0.6) is 0 Å². The highest BCUT2D eigenvalue weighted by atomic mass is 79.9. The minimum atomic E-state index is -0.739. The first-order valence-electron chi connectivity index (χ1n) is 6.35. The van der Waals surface area contributed by atoms with Crippen LogP contribution in [0.2, 0.25) is 0 Å². The fraction of sp³-hybridized carbons (Fsp3) is 0.533. The number of hydrogen-bond donors (Lipinski definition) is 1. The maximum absolute atomic E-state index is 10.8. The molecule has 0 aliphatic rings. The highest BCUT2D eigenvalue weighted by Gasteiger charge is 2.23. The summed E-state index contributed by atoms with van der Waals surface area (Å²) in [7, 11) is 2.03. The molecule has 0 saturated heterocycles. The number of aryl methyl sites for hydroxylation is 1. The van der Waals surface area contributed by atoms with Gasteiger partial charge in [-0.15, -0.1) is 0 Å². The highest BCUT2D eigenvalue weighted by molar-refractivity contribution is 9.10. The van der Waals surface area contributed by atoms with Crippen LogP contribution in [0, 0.1) is 12.3 Å². The van der Waals surface area contributed by atoms with E-state index in [1.807, 2.05) is 27.0 Å². The largest absolute Gasteiger partial charge is 0.481 e. The molecule has 0 amide bonds. The van der Waals surface area contributed by atoms with Crippen LogP contribution < -0.4 is 0 Å². The molecule has 0 aliphatic heterocycles. The quantitative estimate of drug-likeness (QED) is 0.866. The molecule has 1 aromatic rings. The molecule has 106 valence electrons. The summed E-state index contributed by atoms with van der Waals surface area (Å²) >= 11 is 3.48. The van der Waals surface area contributed by atoms with Crippen LogP contribution in [0.1, 0.15) is 31.4 Å². The number of benzene rings is 1. The zero-order valence-electron chi connectivity index (χ0n) is 12.0. The van der Waals surface area contributed by atoms with Gasteiger partial charge in [0, 0.05) is 17.6 Å². The van der Waals surface area contributed by atoms with Gasteiger partial charge in [-0.05, 0) is 42.6 Å². The fourth-order valence-corrected chi connectivity index (χ4v) is 2.76. The second-order valence-electron chi connectivity index (χ2n) is 5.98. The van der Waals surface area contributed by atoms with Crippen molar-refractivity contribution in [3.05, 3.63) is 33.8 Å². The van der Waals surface area contributed by atoms with Crippen LogP contribution in [0.3, 0.4) is 0 Å². The number of aliphatic carboxylic acids is 1. The molecule has 3 nitrogen and oxygen atoms in total. The SMILES string of the molecule is Cc1ccc(Br)cc1CN(C)CC(C)(C)CC(=O)O. The molecule has 0 spiro atoms. The second kappa shape index (κ2) is 6.53. The maximum Gasteiger partial charge on any atom is 0.303 e. The number of rotatable bonds is 6. The van der Waals surface area contributed by atoms with E-state index >= 15 is 0 Å². The van der Waals surface area contributed by atoms with Crippen LogP contribution in [-0.4, -0.2) is 29.6 Å². The van der Waals surface area contributed by atoms with Crippen molar-refractivity contribution in [1.82, 2.24) is 4.90 Å². The van der Waals surface area contributed by atoms with E-state index in [4.69, 9.17) is 5.11 Å². The molecule has 0 unspecified atom stereocenters. The number of carbonyl (C=O) groups is 1. The third kappa shape index (κ3) is 5.74. The van der Waals surface area contributed by atoms with Crippen molar-refractivity contribution < 1.29 is 9.90 Å². The van der Waals surface area contributed by atoms with Gasteiger partial charge in [-0.1, -0.05) is 35.8 Å². The molecule has 1 rings (SSSR count). The molecule has 1 N–H and O–H groups in total. The Kier molecular flexibility index (Phi) is 5.56. The van der Waals surface area contributed by atoms with Gasteiger partial charge in [0.15, 0.2) is 0 Å². The molecule has 0 bridgehead atoms. The Balaban J connectivity index is 2.67. The standard InChI is InChI=1S/C15H22BrNO2/c1-11-5-6-13(16)7-12(11)9-17(4)10-15(2,3)8-14(18)19/h5-7H,8-10H2,1-4H3,(H,18,19). The molecule has 0 saturated carbocycles. The zero-order chi connectivity index (χ0) is 14.6. The Morgan fingerprint density at radius 1 is 1.42 bits per heavy atom. The molecular weight excluding hydrogens is 306 g/mol. The third-order valence-electron chi connectivity index (χ3n) is 3.08. The first-order chi connectivity index (χ1) is 8.69. The van der Waals surface area contributed by atoms with E-state index in [1.54, 1.807) is 0 Å². The number of carboxylic acids is 1. The van der Waals surface area contributed by atoms with Crippen LogP contribution in [-0.2, 0) is 11.3 Å². The summed E-state index contributed by atoms with van der Waals surface area (Å²) in [6.45, 7) is 7.66. The summed E-state index contributed by atoms with van der Waals surface area (Å²) < 4.78 is 1.08. The van der Waals surface area contributed by atoms with Crippen molar-refractivity contribution in [3.8, 4) is 0 Å². The van der Waals surface area contributed by atoms with E-state index in [1.165, 1.54) is 11.1 Å². The van der Waals surface area contributed by atoms with Gasteiger partial charge in [0.2, 0.25) is 0 Å². The van der Waals surface area contributed by atoms with E-state index in [-0.39, 0.29) is 11.8 Å². The van der Waals surface area contributed by atoms with Crippen LogP contribution >= 0.6 is 15.9 Å². The van der Waals surface area contributed by atoms with E-state index in [0.29, 0.717) is 0 Å². The lowest BCUT2D eigenvalue weighted by Crippen LogP contribution is -2.32. The van der Waals surface area contributed by atoms with Gasteiger partial charge >= 0.3 is 5.97 Å². The van der Waals surface area contributed by atoms with Crippen LogP contribution in [0.15, 0.2) is 22.7 Å². The summed E-state index contributed by atoms with van der Waals surface area (Å²) in [6.07, 6.45) is 0.189. The summed E-state index contributed by atoms with van der Waals surface area (Å²) in [5.74, 6) is -0.739. The average Bonchev–Trinajstić information content (AvgIpc) is 2.20. The van der Waals surface area contributed by atoms with Crippen molar-refractivity contribution in [3.63, 3.8) is 0 Å². The zero-order valence-corrected chi connectivity index (χ0v) is 13.6. The topological polar surface area (TPSA) is 40.5 Å². The van der Waals surface area contributed by atoms with Gasteiger partial charge in [0.05, 0.1) is 6.42 Å². The van der Waals surface area contributed by atoms with Gasteiger partial charge in [-0.3, -0.25) is 4.79 Å². The minimum absolute atomic E-state index is 0.189. The molecule has 1 aromatic carbocycles. The fourth-order valence-electron chi connectivity index (χ4n) is 2.35. The maximum atomic E-state index is 10.8. The lowest BCUT2D eigenvalue weighted by Gasteiger charge is -2.29. The van der Waals surface area contributed by atoms with Crippen molar-refractivity contribution in [2.24, 2.45) is 5.41 Å². The Labute approximate surface area is 123 Å². The van der Waals surface area contributed by atoms with E-state index < -0.39 is 5.97 Å². The van der Waals surface area contributed by atoms with Gasteiger partial charge in [-0.25, -0.2) is 0 Å². The first kappa shape index (κ1) is 16.2. The Bertz CT molecular complexity index is 457. The van der Waals surface area contributed by atoms with Crippen LogP contribution in [0.4, 0.5) is 0 Å². The number of nitrogens with zero attached hydrogens (tertiary/aromatic N) is 1. The Morgan fingerprint density at radius 2 is 2.05 bits per heavy atom. The predicted octanol–water partition coefficient (Wildman–Crippen LogP) is 3.69. The highest BCUT2D eigenvalue weighted by Crippen LogP contribution is 2.23. The molecule has 0 atom stereocenters. The molecule has 0 aliphatic carbocycles. The monoisotopic (exact) mass is 327 g/mol. The number of halogens is 1. The van der Waals surface area contributed by atoms with Gasteiger partial charge < -0.3 is 10.0 Å². The van der Waals surface area contributed by atoms with E-state index in [2.05, 4.69) is 39.9 Å². The van der Waals surface area contributed by atoms with Gasteiger partial charge in [-0.2, -0.15) is 0 Å². The summed E-state index contributed by atoms with van der Waals surface area (Å²) in [6, 6.07) is 6.25. The summed E-state index contributed by atoms with van der Waals surface area (Å²) in [5.41, 5.74) is 2.30. The summed E-state index contributed by atoms with van der Waals surface area (Å²) in [5, 5.41) is 8.91. The molecule has 0 heterocycles. The Hall–Kier alpha value is -0.870. The molecule has 0 radical (unpaired) electrons. The molecule has 0 aromatic heterocycles. The van der Waals surface area contributed by atoms with Gasteiger partial charge in [0.25, 0.3) is 0 Å². The number of hydrogen-bond acceptors (Lipinski definition) is 2. The van der Waals surface area contributed by atoms with E-state index in [9.17, 15) is 4.79 Å². The average molecular weight is 328 g/mol.